The van der Waals surface area contributed by atoms with Crippen LogP contribution in [0, 0.1) is 0 Å². The third-order valence-corrected chi connectivity index (χ3v) is 9.18. The van der Waals surface area contributed by atoms with Crippen LogP contribution in [0.4, 0.5) is 5.69 Å². The van der Waals surface area contributed by atoms with E-state index < -0.39 is 44.8 Å². The minimum Gasteiger partial charge on any atom is -0.496 e. The number of ether oxygens (including phenoxy) is 1. The number of aliphatic carboxylic acids is 1. The first kappa shape index (κ1) is 31.9. The summed E-state index contributed by atoms with van der Waals surface area (Å²) in [6, 6.07) is 12.6. The molecule has 0 spiro atoms. The van der Waals surface area contributed by atoms with Gasteiger partial charge in [-0.2, -0.15) is 0 Å². The first-order valence-corrected chi connectivity index (χ1v) is 16.1. The van der Waals surface area contributed by atoms with Gasteiger partial charge in [0.05, 0.1) is 18.6 Å². The number of sulfone groups is 1. The lowest BCUT2D eigenvalue weighted by molar-refractivity contribution is -0.149. The van der Waals surface area contributed by atoms with Crippen molar-refractivity contribution in [3.05, 3.63) is 83.4 Å². The highest BCUT2D eigenvalue weighted by atomic mass is 32.2. The lowest BCUT2D eigenvalue weighted by Gasteiger charge is -2.39. The summed E-state index contributed by atoms with van der Waals surface area (Å²) in [5.41, 5.74) is 1.06. The molecule has 1 aliphatic rings. The van der Waals surface area contributed by atoms with Gasteiger partial charge in [0.15, 0.2) is 0 Å². The van der Waals surface area contributed by atoms with Crippen molar-refractivity contribution in [2.24, 2.45) is 0 Å². The van der Waals surface area contributed by atoms with Gasteiger partial charge in [0, 0.05) is 68.6 Å². The molecule has 0 aliphatic carbocycles. The van der Waals surface area contributed by atoms with E-state index in [-0.39, 0.29) is 23.9 Å². The lowest BCUT2D eigenvalue weighted by atomic mass is 9.72. The van der Waals surface area contributed by atoms with Gasteiger partial charge in [-0.15, -0.1) is 0 Å². The Morgan fingerprint density at radius 2 is 1.79 bits per heavy atom. The number of amides is 1. The highest BCUT2D eigenvalue weighted by Gasteiger charge is 2.61. The van der Waals surface area contributed by atoms with E-state index in [1.54, 1.807) is 18.3 Å². The molecule has 10 nitrogen and oxygen atoms in total. The van der Waals surface area contributed by atoms with Crippen molar-refractivity contribution in [1.82, 2.24) is 14.9 Å². The molecule has 4 rings (SSSR count). The fraction of sp³-hybridized carbons (Fsp3) is 0.438. The van der Waals surface area contributed by atoms with Gasteiger partial charge >= 0.3 is 5.97 Å². The number of methoxy groups -OCH3 is 1. The van der Waals surface area contributed by atoms with E-state index in [0.717, 1.165) is 17.5 Å². The van der Waals surface area contributed by atoms with E-state index in [1.807, 2.05) is 70.1 Å². The maximum absolute atomic E-state index is 14.4. The van der Waals surface area contributed by atoms with Gasteiger partial charge in [0.2, 0.25) is 0 Å². The Morgan fingerprint density at radius 1 is 1.12 bits per heavy atom. The number of anilines is 1. The molecule has 1 amide bonds. The standard InChI is InChI=1S/C32H40N4O6S/c1-31(2,3)25-13-10-22(18-27(25)42-6)29(37)36-20-24(26-19-33-15-16-34-26)28(21-8-11-23(12-9-21)35(4)5)32(36,30(38)39)14-17-43(7,40)41/h8-13,15-16,18-19,24,28H,14,17,20H2,1-7H3,(H,38,39)/t24-,28?,32-/m0/s1. The summed E-state index contributed by atoms with van der Waals surface area (Å²) in [6.45, 7) is 6.10. The molecule has 0 bridgehead atoms. The summed E-state index contributed by atoms with van der Waals surface area (Å²) in [5.74, 6) is -3.12. The zero-order chi connectivity index (χ0) is 31.7. The quantitative estimate of drug-likeness (QED) is 0.381. The number of hydrogen-bond donors (Lipinski definition) is 1. The van der Waals surface area contributed by atoms with Crippen molar-refractivity contribution in [3.8, 4) is 5.75 Å². The molecule has 0 saturated carbocycles. The number of carboxylic acid groups (broad SMARTS) is 1. The third kappa shape index (κ3) is 6.36. The van der Waals surface area contributed by atoms with E-state index in [4.69, 9.17) is 4.74 Å². The van der Waals surface area contributed by atoms with Gasteiger partial charge in [-0.3, -0.25) is 14.8 Å². The van der Waals surface area contributed by atoms with Gasteiger partial charge in [-0.05, 0) is 47.2 Å². The number of benzene rings is 2. The van der Waals surface area contributed by atoms with Crippen LogP contribution in [0.1, 0.15) is 66.2 Å². The normalized spacial score (nSPS) is 20.6. The minimum atomic E-state index is -3.59. The first-order chi connectivity index (χ1) is 20.1. The molecule has 230 valence electrons. The predicted molar refractivity (Wildman–Crippen MR) is 166 cm³/mol. The van der Waals surface area contributed by atoms with Crippen molar-refractivity contribution < 1.29 is 27.9 Å². The monoisotopic (exact) mass is 608 g/mol. The molecule has 1 N–H and O–H groups in total. The van der Waals surface area contributed by atoms with Crippen LogP contribution in [0.5, 0.6) is 5.75 Å². The van der Waals surface area contributed by atoms with E-state index in [2.05, 4.69) is 9.97 Å². The van der Waals surface area contributed by atoms with E-state index >= 15 is 0 Å². The second kappa shape index (κ2) is 11.9. The van der Waals surface area contributed by atoms with Gasteiger partial charge in [0.25, 0.3) is 5.91 Å². The van der Waals surface area contributed by atoms with Crippen LogP contribution >= 0.6 is 0 Å². The summed E-state index contributed by atoms with van der Waals surface area (Å²) in [7, 11) is 1.74. The Hall–Kier alpha value is -3.99. The molecule has 1 aliphatic heterocycles. The Kier molecular flexibility index (Phi) is 8.87. The first-order valence-electron chi connectivity index (χ1n) is 14.0. The molecule has 1 unspecified atom stereocenters. The summed E-state index contributed by atoms with van der Waals surface area (Å²) >= 11 is 0. The van der Waals surface area contributed by atoms with Crippen LogP contribution < -0.4 is 9.64 Å². The van der Waals surface area contributed by atoms with E-state index in [9.17, 15) is 23.1 Å². The molecule has 1 saturated heterocycles. The third-order valence-electron chi connectivity index (χ3n) is 8.24. The second-order valence-electron chi connectivity index (χ2n) is 12.4. The van der Waals surface area contributed by atoms with Gasteiger partial charge < -0.3 is 19.6 Å². The molecule has 11 heteroatoms. The van der Waals surface area contributed by atoms with Crippen molar-refractivity contribution >= 4 is 27.4 Å². The van der Waals surface area contributed by atoms with Crippen LogP contribution in [0.15, 0.2) is 61.1 Å². The minimum absolute atomic E-state index is 0.00295. The molecular weight excluding hydrogens is 568 g/mol. The number of carboxylic acids is 1. The Morgan fingerprint density at radius 3 is 2.30 bits per heavy atom. The number of carbonyl (C=O) groups excluding carboxylic acids is 1. The van der Waals surface area contributed by atoms with Crippen LogP contribution in [0.25, 0.3) is 0 Å². The maximum Gasteiger partial charge on any atom is 0.330 e. The number of nitrogens with zero attached hydrogens (tertiary/aromatic N) is 4. The fourth-order valence-electron chi connectivity index (χ4n) is 6.07. The zero-order valence-electron chi connectivity index (χ0n) is 25.7. The molecule has 1 aromatic heterocycles. The zero-order valence-corrected chi connectivity index (χ0v) is 26.6. The number of likely N-dealkylation sites (tertiary alicyclic amines) is 1. The molecule has 2 heterocycles. The van der Waals surface area contributed by atoms with Crippen LogP contribution in [0.2, 0.25) is 0 Å². The van der Waals surface area contributed by atoms with Crippen LogP contribution in [-0.2, 0) is 20.0 Å². The highest BCUT2D eigenvalue weighted by Crippen LogP contribution is 2.53. The second-order valence-corrected chi connectivity index (χ2v) is 14.7. The Balaban J connectivity index is 1.96. The van der Waals surface area contributed by atoms with Gasteiger partial charge in [-0.25, -0.2) is 13.2 Å². The summed E-state index contributed by atoms with van der Waals surface area (Å²) < 4.78 is 30.6. The van der Waals surface area contributed by atoms with Crippen LogP contribution in [0.3, 0.4) is 0 Å². The predicted octanol–water partition coefficient (Wildman–Crippen LogP) is 4.13. The maximum atomic E-state index is 14.4. The summed E-state index contributed by atoms with van der Waals surface area (Å²) in [5, 5.41) is 11.1. The molecule has 3 atom stereocenters. The average Bonchev–Trinajstić information content (AvgIpc) is 3.31. The SMILES string of the molecule is COc1cc(C(=O)N2C[C@@H](c3cnccn3)C(c3ccc(N(C)C)cc3)[C@@]2(CCS(C)(=O)=O)C(=O)O)ccc1C(C)(C)C. The average molecular weight is 609 g/mol. The fourth-order valence-corrected chi connectivity index (χ4v) is 6.75. The van der Waals surface area contributed by atoms with Gasteiger partial charge in [-0.1, -0.05) is 39.0 Å². The summed E-state index contributed by atoms with van der Waals surface area (Å²) in [4.78, 5) is 40.0. The van der Waals surface area contributed by atoms with Crippen molar-refractivity contribution in [2.45, 2.75) is 50.0 Å². The summed E-state index contributed by atoms with van der Waals surface area (Å²) in [6.07, 6.45) is 5.40. The van der Waals surface area contributed by atoms with Crippen molar-refractivity contribution in [2.75, 3.05) is 44.7 Å². The van der Waals surface area contributed by atoms with E-state index in [1.165, 1.54) is 24.4 Å². The largest absolute Gasteiger partial charge is 0.496 e. The van der Waals surface area contributed by atoms with Gasteiger partial charge in [0.1, 0.15) is 21.1 Å². The molecular formula is C32H40N4O6S. The molecule has 2 aromatic carbocycles. The Bertz CT molecular complexity index is 1590. The molecule has 3 aromatic rings. The molecule has 43 heavy (non-hydrogen) atoms. The number of hydrogen-bond acceptors (Lipinski definition) is 8. The van der Waals surface area contributed by atoms with Crippen LogP contribution in [-0.4, -0.2) is 85.6 Å². The number of rotatable bonds is 9. The highest BCUT2D eigenvalue weighted by molar-refractivity contribution is 7.90. The number of carbonyl (C=O) groups is 2. The molecule has 1 fully saturated rings. The molecule has 0 radical (unpaired) electrons. The Labute approximate surface area is 253 Å². The topological polar surface area (TPSA) is 130 Å². The number of aromatic nitrogens is 2. The van der Waals surface area contributed by atoms with Crippen molar-refractivity contribution in [3.63, 3.8) is 0 Å². The smallest absolute Gasteiger partial charge is 0.330 e. The van der Waals surface area contributed by atoms with Crippen molar-refractivity contribution in [1.29, 1.82) is 0 Å². The van der Waals surface area contributed by atoms with E-state index in [0.29, 0.717) is 17.0 Å². The lowest BCUT2D eigenvalue weighted by Crippen LogP contribution is -2.56.